The molecule has 0 spiro atoms. The first-order chi connectivity index (χ1) is 14.1. The van der Waals surface area contributed by atoms with Gasteiger partial charge in [-0.3, -0.25) is 0 Å². The van der Waals surface area contributed by atoms with Crippen molar-refractivity contribution in [2.45, 2.75) is 17.8 Å². The van der Waals surface area contributed by atoms with Gasteiger partial charge in [-0.15, -0.1) is 10.2 Å². The highest BCUT2D eigenvalue weighted by atomic mass is 32.2. The van der Waals surface area contributed by atoms with Crippen LogP contribution in [0, 0.1) is 0 Å². The summed E-state index contributed by atoms with van der Waals surface area (Å²) in [7, 11) is 1.74. The van der Waals surface area contributed by atoms with Gasteiger partial charge in [-0.05, 0) is 28.6 Å². The van der Waals surface area contributed by atoms with E-state index in [1.807, 2.05) is 54.6 Å². The minimum atomic E-state index is -0.725. The van der Waals surface area contributed by atoms with Gasteiger partial charge in [0.25, 0.3) is 0 Å². The van der Waals surface area contributed by atoms with Crippen molar-refractivity contribution in [3.63, 3.8) is 0 Å². The molecule has 0 aliphatic heterocycles. The topological polar surface area (TPSA) is 114 Å². The van der Waals surface area contributed by atoms with E-state index in [-0.39, 0.29) is 12.4 Å². The number of nitrogens with zero attached hydrogens (tertiary/aromatic N) is 7. The number of hydrogen-bond acceptors (Lipinski definition) is 8. The summed E-state index contributed by atoms with van der Waals surface area (Å²) < 4.78 is 3.19. The number of aromatic hydroxyl groups is 1. The number of thioether (sulfide) groups is 1. The lowest BCUT2D eigenvalue weighted by atomic mass is 10.2. The van der Waals surface area contributed by atoms with Crippen LogP contribution in [0.1, 0.15) is 0 Å². The summed E-state index contributed by atoms with van der Waals surface area (Å²) in [5, 5.41) is 42.4. The van der Waals surface area contributed by atoms with Crippen molar-refractivity contribution < 1.29 is 10.2 Å². The van der Waals surface area contributed by atoms with E-state index in [1.165, 1.54) is 11.8 Å². The molecular formula is C19H19N7O2S. The molecule has 2 aromatic carbocycles. The van der Waals surface area contributed by atoms with Crippen LogP contribution in [0.3, 0.4) is 0 Å². The third-order valence-corrected chi connectivity index (χ3v) is 5.47. The fourth-order valence-electron chi connectivity index (χ4n) is 2.94. The molecule has 10 heteroatoms. The Morgan fingerprint density at radius 1 is 1.07 bits per heavy atom. The highest BCUT2D eigenvalue weighted by molar-refractivity contribution is 7.99. The van der Waals surface area contributed by atoms with E-state index in [2.05, 4.69) is 25.8 Å². The van der Waals surface area contributed by atoms with Crippen molar-refractivity contribution in [2.24, 2.45) is 17.3 Å². The van der Waals surface area contributed by atoms with E-state index >= 15 is 0 Å². The summed E-state index contributed by atoms with van der Waals surface area (Å²) in [5.74, 6) is 0.344. The zero-order chi connectivity index (χ0) is 20.2. The van der Waals surface area contributed by atoms with Crippen LogP contribution in [0.5, 0.6) is 5.88 Å². The van der Waals surface area contributed by atoms with Gasteiger partial charge in [0.05, 0.1) is 23.9 Å². The lowest BCUT2D eigenvalue weighted by Gasteiger charge is -2.12. The van der Waals surface area contributed by atoms with Gasteiger partial charge in [0.15, 0.2) is 5.69 Å². The van der Waals surface area contributed by atoms with Crippen LogP contribution in [0.15, 0.2) is 70.0 Å². The minimum Gasteiger partial charge on any atom is -0.493 e. The van der Waals surface area contributed by atoms with Gasteiger partial charge in [0.2, 0.25) is 11.0 Å². The van der Waals surface area contributed by atoms with Gasteiger partial charge in [-0.25, -0.2) is 4.68 Å². The molecule has 148 valence electrons. The Hall–Kier alpha value is -3.24. The van der Waals surface area contributed by atoms with E-state index in [9.17, 15) is 10.2 Å². The Morgan fingerprint density at radius 2 is 1.83 bits per heavy atom. The average molecular weight is 409 g/mol. The number of azo groups is 1. The Kier molecular flexibility index (Phi) is 5.54. The van der Waals surface area contributed by atoms with Crippen LogP contribution in [0.2, 0.25) is 0 Å². The maximum absolute atomic E-state index is 10.8. The van der Waals surface area contributed by atoms with Gasteiger partial charge in [-0.2, -0.15) is 5.11 Å². The number of tetrazole rings is 1. The molecule has 0 saturated heterocycles. The lowest BCUT2D eigenvalue weighted by molar-refractivity contribution is 0.175. The van der Waals surface area contributed by atoms with E-state index in [4.69, 9.17) is 0 Å². The standard InChI is InChI=1S/C19H19N7O2S/c1-25-19(22-23-24-25)29-12-14(27)11-26-16-10-6-5-9-15(16)17(18(26)28)21-20-13-7-3-2-4-8-13/h2-10,14,27-28H,11-12H2,1H3. The van der Waals surface area contributed by atoms with E-state index in [1.54, 1.807) is 16.3 Å². The number of fused-ring (bicyclic) bond motifs is 1. The number of para-hydroxylation sites is 1. The van der Waals surface area contributed by atoms with E-state index in [0.29, 0.717) is 22.3 Å². The third kappa shape index (κ3) is 4.13. The smallest absolute Gasteiger partial charge is 0.220 e. The molecule has 2 heterocycles. The number of hydrogen-bond donors (Lipinski definition) is 2. The lowest BCUT2D eigenvalue weighted by Crippen LogP contribution is -2.18. The van der Waals surface area contributed by atoms with E-state index < -0.39 is 6.10 Å². The summed E-state index contributed by atoms with van der Waals surface area (Å²) in [5.41, 5.74) is 1.84. The quantitative estimate of drug-likeness (QED) is 0.357. The second kappa shape index (κ2) is 8.41. The SMILES string of the molecule is Cn1nnnc1SCC(O)Cn1c(O)c(N=Nc2ccccc2)c2ccccc21. The van der Waals surface area contributed by atoms with E-state index in [0.717, 1.165) is 10.9 Å². The molecule has 0 aliphatic rings. The van der Waals surface area contributed by atoms with Gasteiger partial charge in [-0.1, -0.05) is 48.2 Å². The Labute approximate surface area is 170 Å². The first kappa shape index (κ1) is 19.1. The zero-order valence-electron chi connectivity index (χ0n) is 15.6. The minimum absolute atomic E-state index is 0.0322. The van der Waals surface area contributed by atoms with Crippen LogP contribution in [0.25, 0.3) is 10.9 Å². The Balaban J connectivity index is 1.58. The summed E-state index contributed by atoms with van der Waals surface area (Å²) >= 11 is 1.35. The van der Waals surface area contributed by atoms with Gasteiger partial charge in [0, 0.05) is 18.2 Å². The van der Waals surface area contributed by atoms with Gasteiger partial charge in [0.1, 0.15) is 0 Å². The first-order valence-electron chi connectivity index (χ1n) is 8.93. The van der Waals surface area contributed by atoms with Crippen LogP contribution in [-0.2, 0) is 13.6 Å². The van der Waals surface area contributed by atoms with Crippen molar-refractivity contribution in [2.75, 3.05) is 5.75 Å². The molecule has 1 atom stereocenters. The maximum atomic E-state index is 10.8. The summed E-state index contributed by atoms with van der Waals surface area (Å²) in [4.78, 5) is 0. The van der Waals surface area contributed by atoms with Crippen molar-refractivity contribution in [1.82, 2.24) is 24.8 Å². The predicted octanol–water partition coefficient (Wildman–Crippen LogP) is 3.44. The average Bonchev–Trinajstić information content (AvgIpc) is 3.27. The molecule has 4 aromatic rings. The molecule has 0 fully saturated rings. The highest BCUT2D eigenvalue weighted by Crippen LogP contribution is 2.39. The molecular weight excluding hydrogens is 390 g/mol. The van der Waals surface area contributed by atoms with Crippen molar-refractivity contribution in [3.05, 3.63) is 54.6 Å². The second-order valence-electron chi connectivity index (χ2n) is 6.39. The van der Waals surface area contributed by atoms with Crippen LogP contribution < -0.4 is 0 Å². The zero-order valence-corrected chi connectivity index (χ0v) is 16.4. The second-order valence-corrected chi connectivity index (χ2v) is 7.37. The predicted molar refractivity (Wildman–Crippen MR) is 110 cm³/mol. The monoisotopic (exact) mass is 409 g/mol. The molecule has 0 saturated carbocycles. The molecule has 9 nitrogen and oxygen atoms in total. The van der Waals surface area contributed by atoms with Crippen molar-refractivity contribution >= 4 is 34.0 Å². The molecule has 0 radical (unpaired) electrons. The normalized spacial score (nSPS) is 12.8. The fraction of sp³-hybridized carbons (Fsp3) is 0.211. The fourth-order valence-corrected chi connectivity index (χ4v) is 3.70. The number of aliphatic hydroxyl groups is 1. The van der Waals surface area contributed by atoms with Crippen molar-refractivity contribution in [1.29, 1.82) is 0 Å². The molecule has 4 rings (SSSR count). The molecule has 1 unspecified atom stereocenters. The largest absolute Gasteiger partial charge is 0.493 e. The third-order valence-electron chi connectivity index (χ3n) is 4.32. The maximum Gasteiger partial charge on any atom is 0.220 e. The molecule has 2 N–H and O–H groups in total. The van der Waals surface area contributed by atoms with Crippen molar-refractivity contribution in [3.8, 4) is 5.88 Å². The summed E-state index contributed by atoms with van der Waals surface area (Å²) in [6.07, 6.45) is -0.725. The number of benzene rings is 2. The molecule has 0 amide bonds. The summed E-state index contributed by atoms with van der Waals surface area (Å²) in [6.45, 7) is 0.200. The molecule has 0 bridgehead atoms. The van der Waals surface area contributed by atoms with Crippen LogP contribution >= 0.6 is 11.8 Å². The van der Waals surface area contributed by atoms with Gasteiger partial charge < -0.3 is 14.8 Å². The number of aliphatic hydroxyl groups excluding tert-OH is 1. The molecule has 29 heavy (non-hydrogen) atoms. The number of rotatable bonds is 7. The summed E-state index contributed by atoms with van der Waals surface area (Å²) in [6, 6.07) is 16.8. The molecule has 2 aromatic heterocycles. The Bertz CT molecular complexity index is 1140. The molecule has 0 aliphatic carbocycles. The highest BCUT2D eigenvalue weighted by Gasteiger charge is 2.19. The number of aryl methyl sites for hydroxylation is 1. The Morgan fingerprint density at radius 3 is 2.59 bits per heavy atom. The number of aromatic nitrogens is 5. The van der Waals surface area contributed by atoms with Gasteiger partial charge >= 0.3 is 0 Å². The van der Waals surface area contributed by atoms with Crippen LogP contribution in [-0.4, -0.2) is 46.8 Å². The first-order valence-corrected chi connectivity index (χ1v) is 9.92. The van der Waals surface area contributed by atoms with Crippen LogP contribution in [0.4, 0.5) is 11.4 Å².